The minimum Gasteiger partial charge on any atom is -0.294 e. The Morgan fingerprint density at radius 2 is 1.70 bits per heavy atom. The first kappa shape index (κ1) is 19.1. The fourth-order valence-corrected chi connectivity index (χ4v) is 2.65. The number of imide groups is 1. The molecule has 0 bridgehead atoms. The summed E-state index contributed by atoms with van der Waals surface area (Å²) in [6, 6.07) is 8.50. The van der Waals surface area contributed by atoms with Gasteiger partial charge in [0.15, 0.2) is 0 Å². The second kappa shape index (κ2) is 9.26. The van der Waals surface area contributed by atoms with E-state index in [0.717, 1.165) is 0 Å². The Hall–Kier alpha value is -1.93. The summed E-state index contributed by atoms with van der Waals surface area (Å²) in [5.74, 6) is -0.677. The minimum atomic E-state index is -3.91. The fraction of sp³-hybridized carbons (Fsp3) is 0.467. The molecule has 8 heteroatoms. The van der Waals surface area contributed by atoms with Gasteiger partial charge in [0.2, 0.25) is 5.91 Å². The van der Waals surface area contributed by atoms with Crippen molar-refractivity contribution >= 4 is 27.7 Å². The number of carbonyl (C=O) groups excluding carboxylic acids is 2. The van der Waals surface area contributed by atoms with Gasteiger partial charge in [-0.3, -0.25) is 19.6 Å². The Morgan fingerprint density at radius 3 is 2.26 bits per heavy atom. The van der Waals surface area contributed by atoms with Crippen molar-refractivity contribution in [1.29, 1.82) is 0 Å². The van der Waals surface area contributed by atoms with Crippen molar-refractivity contribution in [2.75, 3.05) is 17.2 Å². The van der Waals surface area contributed by atoms with Gasteiger partial charge in [0.1, 0.15) is 0 Å². The van der Waals surface area contributed by atoms with Crippen molar-refractivity contribution in [1.82, 2.24) is 5.32 Å². The van der Waals surface area contributed by atoms with Gasteiger partial charge in [-0.15, -0.1) is 0 Å². The van der Waals surface area contributed by atoms with Gasteiger partial charge in [-0.25, -0.2) is 4.79 Å². The average molecular weight is 342 g/mol. The number of nitrogens with one attached hydrogen (secondary N) is 1. The third-order valence-electron chi connectivity index (χ3n) is 3.13. The lowest BCUT2D eigenvalue weighted by Gasteiger charge is -2.22. The van der Waals surface area contributed by atoms with Gasteiger partial charge >= 0.3 is 6.03 Å². The summed E-state index contributed by atoms with van der Waals surface area (Å²) < 4.78 is 29.9. The molecule has 0 radical (unpaired) electrons. The number of benzene rings is 1. The van der Waals surface area contributed by atoms with E-state index < -0.39 is 22.1 Å². The maximum Gasteiger partial charge on any atom is 0.328 e. The van der Waals surface area contributed by atoms with Crippen LogP contribution >= 0.6 is 0 Å². The number of rotatable bonds is 8. The molecule has 0 aliphatic heterocycles. The van der Waals surface area contributed by atoms with E-state index in [-0.39, 0.29) is 5.75 Å². The molecule has 23 heavy (non-hydrogen) atoms. The highest BCUT2D eigenvalue weighted by atomic mass is 32.2. The highest BCUT2D eigenvalue weighted by Crippen LogP contribution is 2.15. The molecule has 0 fully saturated rings. The number of para-hydroxylation sites is 1. The van der Waals surface area contributed by atoms with Crippen molar-refractivity contribution in [3.05, 3.63) is 30.3 Å². The fourth-order valence-electron chi connectivity index (χ4n) is 2.08. The highest BCUT2D eigenvalue weighted by molar-refractivity contribution is 7.85. The van der Waals surface area contributed by atoms with E-state index in [1.54, 1.807) is 24.3 Å². The molecule has 7 nitrogen and oxygen atoms in total. The van der Waals surface area contributed by atoms with E-state index in [0.29, 0.717) is 37.9 Å². The summed E-state index contributed by atoms with van der Waals surface area (Å²) in [5.41, 5.74) is 0.684. The number of carbonyl (C=O) groups is 2. The normalized spacial score (nSPS) is 11.0. The zero-order valence-electron chi connectivity index (χ0n) is 13.1. The number of amides is 3. The van der Waals surface area contributed by atoms with Crippen LogP contribution in [-0.2, 0) is 14.9 Å². The van der Waals surface area contributed by atoms with Crippen molar-refractivity contribution < 1.29 is 22.6 Å². The lowest BCUT2D eigenvalue weighted by molar-refractivity contribution is -0.117. The summed E-state index contributed by atoms with van der Waals surface area (Å²) in [6.07, 6.45) is 2.39. The standard InChI is InChI=1S/C15H22N2O5S/c1-13(18)16-15(19)17(14-9-5-4-6-10-14)11-7-2-3-8-12-23(20,21)22/h4-6,9-10H,2-3,7-8,11-12H2,1H3,(H,16,18,19)(H,20,21,22). The quantitative estimate of drug-likeness (QED) is 0.557. The number of unbranched alkanes of at least 4 members (excludes halogenated alkanes) is 3. The van der Waals surface area contributed by atoms with Gasteiger partial charge in [0.25, 0.3) is 10.1 Å². The van der Waals surface area contributed by atoms with Gasteiger partial charge in [0.05, 0.1) is 5.75 Å². The molecule has 0 saturated heterocycles. The topological polar surface area (TPSA) is 104 Å². The SMILES string of the molecule is CC(=O)NC(=O)N(CCCCCCS(=O)(=O)O)c1ccccc1. The molecular formula is C15H22N2O5S. The molecule has 0 heterocycles. The van der Waals surface area contributed by atoms with Crippen LogP contribution in [-0.4, -0.2) is 37.2 Å². The number of hydrogen-bond donors (Lipinski definition) is 2. The third kappa shape index (κ3) is 8.32. The molecule has 0 unspecified atom stereocenters. The maximum absolute atomic E-state index is 12.1. The Kier molecular flexibility index (Phi) is 7.70. The first-order valence-electron chi connectivity index (χ1n) is 7.39. The first-order valence-corrected chi connectivity index (χ1v) is 9.00. The Morgan fingerprint density at radius 1 is 1.09 bits per heavy atom. The van der Waals surface area contributed by atoms with Gasteiger partial charge in [0, 0.05) is 19.2 Å². The van der Waals surface area contributed by atoms with Crippen molar-refractivity contribution in [3.8, 4) is 0 Å². The molecule has 0 aliphatic carbocycles. The van der Waals surface area contributed by atoms with Gasteiger partial charge in [-0.2, -0.15) is 8.42 Å². The molecular weight excluding hydrogens is 320 g/mol. The second-order valence-corrected chi connectivity index (χ2v) is 6.75. The predicted molar refractivity (Wildman–Crippen MR) is 87.9 cm³/mol. The number of hydrogen-bond acceptors (Lipinski definition) is 4. The first-order chi connectivity index (χ1) is 10.8. The largest absolute Gasteiger partial charge is 0.328 e. The van der Waals surface area contributed by atoms with Crippen LogP contribution in [0.4, 0.5) is 10.5 Å². The zero-order valence-corrected chi connectivity index (χ0v) is 13.9. The molecule has 0 spiro atoms. The van der Waals surface area contributed by atoms with Crippen LogP contribution in [0, 0.1) is 0 Å². The summed E-state index contributed by atoms with van der Waals surface area (Å²) in [4.78, 5) is 24.6. The highest BCUT2D eigenvalue weighted by Gasteiger charge is 2.16. The van der Waals surface area contributed by atoms with Crippen LogP contribution in [0.2, 0.25) is 0 Å². The molecule has 1 aromatic carbocycles. The number of anilines is 1. The van der Waals surface area contributed by atoms with E-state index in [4.69, 9.17) is 4.55 Å². The minimum absolute atomic E-state index is 0.250. The van der Waals surface area contributed by atoms with Crippen molar-refractivity contribution in [2.45, 2.75) is 32.6 Å². The summed E-state index contributed by atoms with van der Waals surface area (Å²) in [7, 11) is -3.91. The summed E-state index contributed by atoms with van der Waals surface area (Å²) in [5, 5.41) is 2.25. The lowest BCUT2D eigenvalue weighted by Crippen LogP contribution is -2.42. The molecule has 1 aromatic rings. The molecule has 0 atom stereocenters. The molecule has 3 amide bonds. The number of urea groups is 1. The Bertz CT molecular complexity index is 616. The molecule has 1 rings (SSSR count). The predicted octanol–water partition coefficient (Wildman–Crippen LogP) is 2.20. The summed E-state index contributed by atoms with van der Waals surface area (Å²) in [6.45, 7) is 1.69. The van der Waals surface area contributed by atoms with Crippen LogP contribution in [0.3, 0.4) is 0 Å². The van der Waals surface area contributed by atoms with Gasteiger partial charge < -0.3 is 0 Å². The monoisotopic (exact) mass is 342 g/mol. The van der Waals surface area contributed by atoms with E-state index in [1.807, 2.05) is 6.07 Å². The zero-order chi connectivity index (χ0) is 17.3. The smallest absolute Gasteiger partial charge is 0.294 e. The molecule has 128 valence electrons. The van der Waals surface area contributed by atoms with Crippen LogP contribution in [0.5, 0.6) is 0 Å². The van der Waals surface area contributed by atoms with Crippen LogP contribution in [0.25, 0.3) is 0 Å². The van der Waals surface area contributed by atoms with E-state index >= 15 is 0 Å². The van der Waals surface area contributed by atoms with Crippen LogP contribution in [0.15, 0.2) is 30.3 Å². The number of nitrogens with zero attached hydrogens (tertiary/aromatic N) is 1. The lowest BCUT2D eigenvalue weighted by atomic mass is 10.2. The van der Waals surface area contributed by atoms with Gasteiger partial charge in [-0.05, 0) is 25.0 Å². The van der Waals surface area contributed by atoms with Crippen molar-refractivity contribution in [2.24, 2.45) is 0 Å². The molecule has 0 aliphatic rings. The average Bonchev–Trinajstić information content (AvgIpc) is 2.45. The molecule has 0 aromatic heterocycles. The molecule has 0 saturated carbocycles. The van der Waals surface area contributed by atoms with Crippen LogP contribution < -0.4 is 10.2 Å². The van der Waals surface area contributed by atoms with Gasteiger partial charge in [-0.1, -0.05) is 31.0 Å². The van der Waals surface area contributed by atoms with E-state index in [9.17, 15) is 18.0 Å². The van der Waals surface area contributed by atoms with Crippen molar-refractivity contribution in [3.63, 3.8) is 0 Å². The van der Waals surface area contributed by atoms with E-state index in [1.165, 1.54) is 11.8 Å². The van der Waals surface area contributed by atoms with E-state index in [2.05, 4.69) is 5.32 Å². The Balaban J connectivity index is 2.51. The Labute approximate surface area is 136 Å². The summed E-state index contributed by atoms with van der Waals surface area (Å²) >= 11 is 0. The van der Waals surface area contributed by atoms with Crippen LogP contribution in [0.1, 0.15) is 32.6 Å². The third-order valence-corrected chi connectivity index (χ3v) is 3.93. The second-order valence-electron chi connectivity index (χ2n) is 5.17. The molecule has 2 N–H and O–H groups in total. The maximum atomic E-state index is 12.1.